The maximum absolute atomic E-state index is 8.75. The molecule has 1 aromatic rings. The zero-order valence-electron chi connectivity index (χ0n) is 9.36. The molecular weight excluding hydrogens is 190 g/mol. The van der Waals surface area contributed by atoms with Crippen LogP contribution in [0.3, 0.4) is 0 Å². The van der Waals surface area contributed by atoms with Crippen LogP contribution in [0.15, 0.2) is 18.2 Å². The molecule has 1 rings (SSSR count). The van der Waals surface area contributed by atoms with Crippen LogP contribution in [-0.4, -0.2) is 24.4 Å². The van der Waals surface area contributed by atoms with Crippen LogP contribution >= 0.6 is 0 Å². The van der Waals surface area contributed by atoms with Crippen molar-refractivity contribution < 1.29 is 9.84 Å². The molecule has 84 valence electrons. The van der Waals surface area contributed by atoms with Crippen molar-refractivity contribution >= 4 is 0 Å². The number of aryl methyl sites for hydroxylation is 2. The van der Waals surface area contributed by atoms with E-state index in [1.807, 2.05) is 26.0 Å². The number of ether oxygens (including phenoxy) is 1. The summed E-state index contributed by atoms with van der Waals surface area (Å²) in [6.07, 6.45) is 0.671. The van der Waals surface area contributed by atoms with Crippen molar-refractivity contribution in [2.75, 3.05) is 13.2 Å². The summed E-state index contributed by atoms with van der Waals surface area (Å²) in [5, 5.41) is 8.75. The van der Waals surface area contributed by atoms with E-state index in [2.05, 4.69) is 6.07 Å². The van der Waals surface area contributed by atoms with Crippen molar-refractivity contribution in [1.29, 1.82) is 0 Å². The topological polar surface area (TPSA) is 55.5 Å². The van der Waals surface area contributed by atoms with E-state index in [1.54, 1.807) is 0 Å². The predicted molar refractivity (Wildman–Crippen MR) is 61.1 cm³/mol. The lowest BCUT2D eigenvalue weighted by molar-refractivity contribution is 0.230. The lowest BCUT2D eigenvalue weighted by Crippen LogP contribution is -2.26. The van der Waals surface area contributed by atoms with Gasteiger partial charge < -0.3 is 15.6 Å². The molecule has 0 amide bonds. The third-order valence-corrected chi connectivity index (χ3v) is 2.32. The first-order valence-corrected chi connectivity index (χ1v) is 5.20. The summed E-state index contributed by atoms with van der Waals surface area (Å²) in [5.74, 6) is 0.903. The van der Waals surface area contributed by atoms with Crippen molar-refractivity contribution in [3.8, 4) is 5.75 Å². The van der Waals surface area contributed by atoms with Gasteiger partial charge in [0.2, 0.25) is 0 Å². The molecule has 0 heterocycles. The second-order valence-corrected chi connectivity index (χ2v) is 3.85. The van der Waals surface area contributed by atoms with Crippen LogP contribution in [0.4, 0.5) is 0 Å². The summed E-state index contributed by atoms with van der Waals surface area (Å²) in [5.41, 5.74) is 7.88. The molecule has 0 bridgehead atoms. The number of nitrogens with two attached hydrogens (primary N) is 1. The lowest BCUT2D eigenvalue weighted by Gasteiger charge is -2.12. The Balaban J connectivity index is 2.46. The van der Waals surface area contributed by atoms with E-state index in [0.717, 1.165) is 11.3 Å². The fourth-order valence-electron chi connectivity index (χ4n) is 1.27. The van der Waals surface area contributed by atoms with E-state index in [9.17, 15) is 0 Å². The number of aliphatic hydroxyl groups excluding tert-OH is 1. The summed E-state index contributed by atoms with van der Waals surface area (Å²) in [6.45, 7) is 4.61. The van der Waals surface area contributed by atoms with Crippen molar-refractivity contribution in [2.24, 2.45) is 5.73 Å². The number of hydrogen-bond acceptors (Lipinski definition) is 3. The molecule has 0 aliphatic carbocycles. The Hall–Kier alpha value is -1.06. The van der Waals surface area contributed by atoms with Gasteiger partial charge >= 0.3 is 0 Å². The van der Waals surface area contributed by atoms with Gasteiger partial charge in [0.05, 0.1) is 13.2 Å². The van der Waals surface area contributed by atoms with E-state index in [4.69, 9.17) is 15.6 Å². The highest BCUT2D eigenvalue weighted by molar-refractivity contribution is 5.35. The number of hydrogen-bond donors (Lipinski definition) is 2. The number of aliphatic hydroxyl groups is 1. The van der Waals surface area contributed by atoms with Crippen LogP contribution in [0.2, 0.25) is 0 Å². The van der Waals surface area contributed by atoms with Gasteiger partial charge in [0.15, 0.2) is 0 Å². The number of rotatable bonds is 5. The largest absolute Gasteiger partial charge is 0.493 e. The molecule has 0 fully saturated rings. The predicted octanol–water partition coefficient (Wildman–Crippen LogP) is 1.39. The van der Waals surface area contributed by atoms with Crippen LogP contribution in [0.1, 0.15) is 17.5 Å². The summed E-state index contributed by atoms with van der Waals surface area (Å²) in [7, 11) is 0. The molecule has 0 aliphatic rings. The Morgan fingerprint density at radius 1 is 1.40 bits per heavy atom. The Labute approximate surface area is 90.9 Å². The molecule has 3 nitrogen and oxygen atoms in total. The lowest BCUT2D eigenvalue weighted by atomic mass is 10.1. The van der Waals surface area contributed by atoms with Gasteiger partial charge in [-0.25, -0.2) is 0 Å². The fraction of sp³-hybridized carbons (Fsp3) is 0.500. The molecule has 0 saturated carbocycles. The van der Waals surface area contributed by atoms with E-state index in [-0.39, 0.29) is 12.6 Å². The van der Waals surface area contributed by atoms with Crippen LogP contribution in [-0.2, 0) is 0 Å². The Morgan fingerprint density at radius 2 is 2.13 bits per heavy atom. The Bertz CT molecular complexity index is 312. The Kier molecular flexibility index (Phi) is 4.59. The first-order valence-electron chi connectivity index (χ1n) is 5.20. The van der Waals surface area contributed by atoms with E-state index < -0.39 is 0 Å². The summed E-state index contributed by atoms with van der Waals surface area (Å²) < 4.78 is 5.60. The average Bonchev–Trinajstić information content (AvgIpc) is 2.23. The van der Waals surface area contributed by atoms with Gasteiger partial charge in [-0.1, -0.05) is 12.1 Å². The first kappa shape index (κ1) is 12.0. The van der Waals surface area contributed by atoms with Gasteiger partial charge in [-0.15, -0.1) is 0 Å². The standard InChI is InChI=1S/C12H19NO2/c1-9-3-4-10(2)12(7-9)15-6-5-11(13)8-14/h3-4,7,11,14H,5-6,8,13H2,1-2H3. The van der Waals surface area contributed by atoms with Crippen molar-refractivity contribution in [2.45, 2.75) is 26.3 Å². The molecule has 0 aliphatic heterocycles. The molecule has 1 unspecified atom stereocenters. The van der Waals surface area contributed by atoms with Gasteiger partial charge in [-0.3, -0.25) is 0 Å². The van der Waals surface area contributed by atoms with Crippen molar-refractivity contribution in [3.05, 3.63) is 29.3 Å². The zero-order valence-corrected chi connectivity index (χ0v) is 9.36. The number of benzene rings is 1. The molecular formula is C12H19NO2. The molecule has 0 spiro atoms. The molecule has 15 heavy (non-hydrogen) atoms. The van der Waals surface area contributed by atoms with Crippen LogP contribution in [0.25, 0.3) is 0 Å². The first-order chi connectivity index (χ1) is 7.13. The monoisotopic (exact) mass is 209 g/mol. The molecule has 3 heteroatoms. The minimum Gasteiger partial charge on any atom is -0.493 e. The van der Waals surface area contributed by atoms with Crippen molar-refractivity contribution in [3.63, 3.8) is 0 Å². The third kappa shape index (κ3) is 3.90. The van der Waals surface area contributed by atoms with Crippen molar-refractivity contribution in [1.82, 2.24) is 0 Å². The van der Waals surface area contributed by atoms with Gasteiger partial charge in [-0.05, 0) is 37.5 Å². The van der Waals surface area contributed by atoms with E-state index >= 15 is 0 Å². The van der Waals surface area contributed by atoms with Gasteiger partial charge in [-0.2, -0.15) is 0 Å². The summed E-state index contributed by atoms with van der Waals surface area (Å²) in [4.78, 5) is 0. The minimum absolute atomic E-state index is 0.0101. The quantitative estimate of drug-likeness (QED) is 0.770. The highest BCUT2D eigenvalue weighted by Crippen LogP contribution is 2.19. The molecule has 1 atom stereocenters. The van der Waals surface area contributed by atoms with E-state index in [1.165, 1.54) is 5.56 Å². The van der Waals surface area contributed by atoms with Crippen LogP contribution in [0.5, 0.6) is 5.75 Å². The minimum atomic E-state index is -0.185. The van der Waals surface area contributed by atoms with Crippen LogP contribution < -0.4 is 10.5 Å². The Morgan fingerprint density at radius 3 is 2.80 bits per heavy atom. The van der Waals surface area contributed by atoms with Gasteiger partial charge in [0.25, 0.3) is 0 Å². The normalized spacial score (nSPS) is 12.5. The molecule has 1 aromatic carbocycles. The maximum atomic E-state index is 8.75. The SMILES string of the molecule is Cc1ccc(C)c(OCCC(N)CO)c1. The average molecular weight is 209 g/mol. The van der Waals surface area contributed by atoms with Crippen LogP contribution in [0, 0.1) is 13.8 Å². The molecule has 0 saturated heterocycles. The smallest absolute Gasteiger partial charge is 0.122 e. The fourth-order valence-corrected chi connectivity index (χ4v) is 1.27. The second kappa shape index (κ2) is 5.73. The van der Waals surface area contributed by atoms with E-state index in [0.29, 0.717) is 13.0 Å². The summed E-state index contributed by atoms with van der Waals surface area (Å²) >= 11 is 0. The van der Waals surface area contributed by atoms with Gasteiger partial charge in [0, 0.05) is 6.04 Å². The third-order valence-electron chi connectivity index (χ3n) is 2.32. The highest BCUT2D eigenvalue weighted by atomic mass is 16.5. The maximum Gasteiger partial charge on any atom is 0.122 e. The second-order valence-electron chi connectivity index (χ2n) is 3.85. The summed E-state index contributed by atoms with van der Waals surface area (Å²) in [6, 6.07) is 5.92. The molecule has 0 aromatic heterocycles. The zero-order chi connectivity index (χ0) is 11.3. The highest BCUT2D eigenvalue weighted by Gasteiger charge is 2.02. The molecule has 3 N–H and O–H groups in total. The molecule has 0 radical (unpaired) electrons. The van der Waals surface area contributed by atoms with Gasteiger partial charge in [0.1, 0.15) is 5.75 Å².